The van der Waals surface area contributed by atoms with E-state index >= 15 is 0 Å². The van der Waals surface area contributed by atoms with Gasteiger partial charge in [0.25, 0.3) is 0 Å². The van der Waals surface area contributed by atoms with E-state index in [4.69, 9.17) is 5.73 Å². The molecular weight excluding hydrogens is 257 g/mol. The van der Waals surface area contributed by atoms with Gasteiger partial charge in [-0.3, -0.25) is 4.57 Å². The fourth-order valence-corrected chi connectivity index (χ4v) is 2.21. The Morgan fingerprint density at radius 3 is 1.80 bits per heavy atom. The van der Waals surface area contributed by atoms with Gasteiger partial charge in [0.05, 0.1) is 13.2 Å². The lowest BCUT2D eigenvalue weighted by Gasteiger charge is -2.24. The molecule has 0 saturated heterocycles. The van der Waals surface area contributed by atoms with Crippen LogP contribution in [0.4, 0.5) is 13.2 Å². The molecule has 0 aliphatic carbocycles. The predicted octanol–water partition coefficient (Wildman–Crippen LogP) is 2.52. The van der Waals surface area contributed by atoms with E-state index in [1.54, 1.807) is 0 Å². The fourth-order valence-electron chi connectivity index (χ4n) is 0.737. The molecule has 9 heteroatoms. The Morgan fingerprint density at radius 1 is 1.27 bits per heavy atom. The van der Waals surface area contributed by atoms with E-state index in [0.29, 0.717) is 0 Å². The van der Waals surface area contributed by atoms with Gasteiger partial charge in [0.1, 0.15) is 0 Å². The third kappa shape index (κ3) is 5.17. The first-order chi connectivity index (χ1) is 6.28. The lowest BCUT2D eigenvalue weighted by molar-refractivity contribution is -0.134. The second-order valence-corrected chi connectivity index (χ2v) is 4.51. The van der Waals surface area contributed by atoms with Gasteiger partial charge < -0.3 is 14.8 Å². The average molecular weight is 272 g/mol. The van der Waals surface area contributed by atoms with Crippen LogP contribution in [0.5, 0.6) is 0 Å². The summed E-state index contributed by atoms with van der Waals surface area (Å²) in [5.74, 6) is -2.59. The van der Waals surface area contributed by atoms with Gasteiger partial charge in [-0.05, 0) is 13.8 Å². The summed E-state index contributed by atoms with van der Waals surface area (Å²) < 4.78 is 56.8. The molecule has 0 rings (SSSR count). The Bertz CT molecular complexity index is 216. The third-order valence-electron chi connectivity index (χ3n) is 1.29. The zero-order valence-corrected chi connectivity index (χ0v) is 9.99. The second-order valence-electron chi connectivity index (χ2n) is 2.36. The molecule has 0 spiro atoms. The van der Waals surface area contributed by atoms with Gasteiger partial charge in [0.15, 0.2) is 0 Å². The zero-order chi connectivity index (χ0) is 11.4. The summed E-state index contributed by atoms with van der Waals surface area (Å²) in [5.41, 5.74) is 4.76. The lowest BCUT2D eigenvalue weighted by atomic mass is 10.7. The first-order valence-electron chi connectivity index (χ1n) is 3.99. The first kappa shape index (κ1) is 17.6. The molecule has 1 atom stereocenters. The normalized spacial score (nSPS) is 14.5. The Hall–Kier alpha value is 0.190. The van der Waals surface area contributed by atoms with E-state index in [-0.39, 0.29) is 25.6 Å². The molecule has 0 heterocycles. The van der Waals surface area contributed by atoms with Gasteiger partial charge in [0.2, 0.25) is 5.78 Å². The Balaban J connectivity index is 0. The third-order valence-corrected chi connectivity index (χ3v) is 3.50. The van der Waals surface area contributed by atoms with Gasteiger partial charge in [0, 0.05) is 0 Å². The summed E-state index contributed by atoms with van der Waals surface area (Å²) in [4.78, 5) is 0. The Morgan fingerprint density at radius 2 is 1.60 bits per heavy atom. The number of hydrogen-bond acceptors (Lipinski definition) is 4. The predicted molar refractivity (Wildman–Crippen MR) is 52.1 cm³/mol. The SMILES string of the molecule is CCOP(=O)(OCC)C(N)C(F)(F)F.Cl. The van der Waals surface area contributed by atoms with Gasteiger partial charge in [-0.2, -0.15) is 13.2 Å². The number of hydrogen-bond donors (Lipinski definition) is 1. The van der Waals surface area contributed by atoms with E-state index in [1.165, 1.54) is 13.8 Å². The van der Waals surface area contributed by atoms with Crippen molar-refractivity contribution >= 4 is 20.0 Å². The number of rotatable bonds is 5. The van der Waals surface area contributed by atoms with E-state index < -0.39 is 19.6 Å². The molecule has 1 unspecified atom stereocenters. The van der Waals surface area contributed by atoms with Gasteiger partial charge in [-0.25, -0.2) is 0 Å². The highest BCUT2D eigenvalue weighted by molar-refractivity contribution is 7.54. The fraction of sp³-hybridized carbons (Fsp3) is 1.00. The Kier molecular flexibility index (Phi) is 7.86. The highest BCUT2D eigenvalue weighted by Gasteiger charge is 2.51. The second kappa shape index (κ2) is 6.70. The standard InChI is InChI=1S/C6H13F3NO3P.ClH/c1-3-12-14(11,13-4-2)5(10)6(7,8)9;/h5H,3-4,10H2,1-2H3;1H. The van der Waals surface area contributed by atoms with Crippen LogP contribution < -0.4 is 5.73 Å². The minimum atomic E-state index is -4.79. The molecule has 0 aliphatic heterocycles. The van der Waals surface area contributed by atoms with Crippen molar-refractivity contribution in [3.05, 3.63) is 0 Å². The van der Waals surface area contributed by atoms with Crippen molar-refractivity contribution in [3.63, 3.8) is 0 Å². The summed E-state index contributed by atoms with van der Waals surface area (Å²) in [6.07, 6.45) is -4.79. The van der Waals surface area contributed by atoms with Crippen LogP contribution in [-0.2, 0) is 13.6 Å². The molecule has 0 bridgehead atoms. The van der Waals surface area contributed by atoms with Crippen LogP contribution in [0.2, 0.25) is 0 Å². The highest BCUT2D eigenvalue weighted by Crippen LogP contribution is 2.55. The maximum atomic E-state index is 12.1. The summed E-state index contributed by atoms with van der Waals surface area (Å²) in [6, 6.07) is 0. The molecule has 0 aromatic carbocycles. The van der Waals surface area contributed by atoms with Crippen LogP contribution in [-0.4, -0.2) is 25.2 Å². The zero-order valence-electron chi connectivity index (χ0n) is 8.28. The van der Waals surface area contributed by atoms with E-state index in [1.807, 2.05) is 0 Å². The molecular formula is C6H14ClF3NO3P. The number of nitrogens with two attached hydrogens (primary N) is 1. The van der Waals surface area contributed by atoms with Crippen molar-refractivity contribution < 1.29 is 26.8 Å². The van der Waals surface area contributed by atoms with Crippen molar-refractivity contribution in [3.8, 4) is 0 Å². The molecule has 0 fully saturated rings. The molecule has 4 nitrogen and oxygen atoms in total. The molecule has 0 amide bonds. The maximum absolute atomic E-state index is 12.1. The topological polar surface area (TPSA) is 61.5 Å². The van der Waals surface area contributed by atoms with Gasteiger partial charge in [-0.15, -0.1) is 12.4 Å². The van der Waals surface area contributed by atoms with E-state index in [0.717, 1.165) is 0 Å². The van der Waals surface area contributed by atoms with Crippen molar-refractivity contribution in [2.45, 2.75) is 25.8 Å². The van der Waals surface area contributed by atoms with Crippen molar-refractivity contribution in [2.24, 2.45) is 5.73 Å². The summed E-state index contributed by atoms with van der Waals surface area (Å²) in [5, 5.41) is 0. The minimum Gasteiger partial charge on any atom is -0.310 e. The average Bonchev–Trinajstić information content (AvgIpc) is 2.02. The van der Waals surface area contributed by atoms with Crippen LogP contribution in [0, 0.1) is 0 Å². The largest absolute Gasteiger partial charge is 0.415 e. The van der Waals surface area contributed by atoms with Crippen molar-refractivity contribution in [2.75, 3.05) is 13.2 Å². The first-order valence-corrected chi connectivity index (χ1v) is 5.60. The van der Waals surface area contributed by atoms with Crippen LogP contribution >= 0.6 is 20.0 Å². The summed E-state index contributed by atoms with van der Waals surface area (Å²) in [7, 11) is -4.28. The molecule has 0 radical (unpaired) electrons. The molecule has 94 valence electrons. The van der Waals surface area contributed by atoms with Crippen LogP contribution in [0.25, 0.3) is 0 Å². The smallest absolute Gasteiger partial charge is 0.310 e. The van der Waals surface area contributed by atoms with Crippen LogP contribution in [0.1, 0.15) is 13.8 Å². The quantitative estimate of drug-likeness (QED) is 0.781. The molecule has 15 heavy (non-hydrogen) atoms. The number of alkyl halides is 3. The monoisotopic (exact) mass is 271 g/mol. The lowest BCUT2D eigenvalue weighted by Crippen LogP contribution is -2.38. The maximum Gasteiger partial charge on any atom is 0.415 e. The van der Waals surface area contributed by atoms with Gasteiger partial charge in [-0.1, -0.05) is 0 Å². The van der Waals surface area contributed by atoms with Crippen molar-refractivity contribution in [1.82, 2.24) is 0 Å². The number of halogens is 4. The van der Waals surface area contributed by atoms with Crippen LogP contribution in [0.15, 0.2) is 0 Å². The van der Waals surface area contributed by atoms with Crippen molar-refractivity contribution in [1.29, 1.82) is 0 Å². The molecule has 0 saturated carbocycles. The van der Waals surface area contributed by atoms with Gasteiger partial charge >= 0.3 is 13.8 Å². The molecule has 0 aliphatic rings. The van der Waals surface area contributed by atoms with E-state index in [2.05, 4.69) is 9.05 Å². The minimum absolute atomic E-state index is 0. The Labute approximate surface area is 92.2 Å². The molecule has 0 aromatic rings. The highest BCUT2D eigenvalue weighted by atomic mass is 35.5. The molecule has 0 aromatic heterocycles. The summed E-state index contributed by atoms with van der Waals surface area (Å²) in [6.45, 7) is 2.52. The molecule has 2 N–H and O–H groups in total. The van der Waals surface area contributed by atoms with E-state index in [9.17, 15) is 17.7 Å². The van der Waals surface area contributed by atoms with Crippen LogP contribution in [0.3, 0.4) is 0 Å². The summed E-state index contributed by atoms with van der Waals surface area (Å²) >= 11 is 0.